The standard InChI is InChI=1S/C18H16ClN3O2/c1-22-15-9-5-3-7-13(15)17(23)16(21-22)18(24)20-11-10-12-6-2-4-8-14(12)19/h2-9H,10-11H2,1H3,(H,20,24). The molecule has 1 amide bonds. The van der Waals surface area contributed by atoms with Crippen molar-refractivity contribution < 1.29 is 4.79 Å². The Balaban J connectivity index is 1.78. The number of nitrogens with one attached hydrogen (secondary N) is 1. The number of benzene rings is 2. The first-order chi connectivity index (χ1) is 11.6. The van der Waals surface area contributed by atoms with Crippen molar-refractivity contribution in [2.75, 3.05) is 6.54 Å². The van der Waals surface area contributed by atoms with Gasteiger partial charge < -0.3 is 5.32 Å². The van der Waals surface area contributed by atoms with Crippen molar-refractivity contribution in [2.45, 2.75) is 6.42 Å². The number of fused-ring (bicyclic) bond motifs is 1. The molecule has 1 N–H and O–H groups in total. The lowest BCUT2D eigenvalue weighted by molar-refractivity contribution is 0.0946. The first-order valence-electron chi connectivity index (χ1n) is 7.55. The Morgan fingerprint density at radius 2 is 1.88 bits per heavy atom. The van der Waals surface area contributed by atoms with Gasteiger partial charge in [-0.1, -0.05) is 41.9 Å². The van der Waals surface area contributed by atoms with E-state index in [4.69, 9.17) is 11.6 Å². The van der Waals surface area contributed by atoms with Crippen LogP contribution in [0.15, 0.2) is 53.3 Å². The number of carbonyl (C=O) groups excluding carboxylic acids is 1. The van der Waals surface area contributed by atoms with Crippen LogP contribution in [0.3, 0.4) is 0 Å². The molecule has 0 radical (unpaired) electrons. The lowest BCUT2D eigenvalue weighted by atomic mass is 10.1. The highest BCUT2D eigenvalue weighted by molar-refractivity contribution is 6.31. The second-order valence-electron chi connectivity index (χ2n) is 5.42. The Morgan fingerprint density at radius 3 is 2.67 bits per heavy atom. The lowest BCUT2D eigenvalue weighted by Gasteiger charge is -2.09. The molecule has 0 aliphatic heterocycles. The molecule has 0 spiro atoms. The number of rotatable bonds is 4. The number of para-hydroxylation sites is 1. The maximum Gasteiger partial charge on any atom is 0.275 e. The van der Waals surface area contributed by atoms with Crippen LogP contribution in [0, 0.1) is 0 Å². The van der Waals surface area contributed by atoms with E-state index in [0.717, 1.165) is 5.56 Å². The molecule has 6 heteroatoms. The summed E-state index contributed by atoms with van der Waals surface area (Å²) in [5.41, 5.74) is 1.17. The zero-order valence-electron chi connectivity index (χ0n) is 13.1. The van der Waals surface area contributed by atoms with E-state index in [0.29, 0.717) is 28.9 Å². The first kappa shape index (κ1) is 16.2. The van der Waals surface area contributed by atoms with Gasteiger partial charge in [-0.2, -0.15) is 5.10 Å². The third-order valence-corrected chi connectivity index (χ3v) is 4.18. The van der Waals surface area contributed by atoms with E-state index in [1.54, 1.807) is 36.0 Å². The summed E-state index contributed by atoms with van der Waals surface area (Å²) in [4.78, 5) is 24.8. The van der Waals surface area contributed by atoms with Gasteiger partial charge in [0, 0.05) is 24.0 Å². The van der Waals surface area contributed by atoms with Gasteiger partial charge in [-0.15, -0.1) is 0 Å². The van der Waals surface area contributed by atoms with Crippen LogP contribution in [0.2, 0.25) is 5.02 Å². The summed E-state index contributed by atoms with van der Waals surface area (Å²) in [6, 6.07) is 14.5. The summed E-state index contributed by atoms with van der Waals surface area (Å²) in [6.45, 7) is 0.375. The van der Waals surface area contributed by atoms with Gasteiger partial charge in [-0.3, -0.25) is 14.3 Å². The highest BCUT2D eigenvalue weighted by atomic mass is 35.5. The molecule has 0 aliphatic rings. The van der Waals surface area contributed by atoms with Crippen molar-refractivity contribution in [3.8, 4) is 0 Å². The van der Waals surface area contributed by atoms with Gasteiger partial charge in [0.05, 0.1) is 5.52 Å². The van der Waals surface area contributed by atoms with Crippen molar-refractivity contribution in [3.05, 3.63) is 75.0 Å². The molecule has 5 nitrogen and oxygen atoms in total. The molecule has 0 saturated carbocycles. The number of nitrogens with zero attached hydrogens (tertiary/aromatic N) is 2. The molecule has 0 bridgehead atoms. The fourth-order valence-electron chi connectivity index (χ4n) is 2.57. The molecule has 24 heavy (non-hydrogen) atoms. The quantitative estimate of drug-likeness (QED) is 0.793. The zero-order chi connectivity index (χ0) is 17.1. The number of carbonyl (C=O) groups is 1. The van der Waals surface area contributed by atoms with Crippen molar-refractivity contribution >= 4 is 28.4 Å². The summed E-state index contributed by atoms with van der Waals surface area (Å²) in [7, 11) is 1.71. The van der Waals surface area contributed by atoms with Crippen LogP contribution >= 0.6 is 11.6 Å². The van der Waals surface area contributed by atoms with Crippen molar-refractivity contribution in [1.29, 1.82) is 0 Å². The van der Waals surface area contributed by atoms with Gasteiger partial charge in [0.1, 0.15) is 0 Å². The highest BCUT2D eigenvalue weighted by Gasteiger charge is 2.16. The van der Waals surface area contributed by atoms with Gasteiger partial charge in [-0.25, -0.2) is 0 Å². The molecule has 0 fully saturated rings. The zero-order valence-corrected chi connectivity index (χ0v) is 13.9. The second-order valence-corrected chi connectivity index (χ2v) is 5.82. The maximum absolute atomic E-state index is 12.5. The summed E-state index contributed by atoms with van der Waals surface area (Å²) >= 11 is 6.09. The third-order valence-electron chi connectivity index (χ3n) is 3.82. The largest absolute Gasteiger partial charge is 0.350 e. The average molecular weight is 342 g/mol. The molecule has 1 aromatic heterocycles. The Morgan fingerprint density at radius 1 is 1.17 bits per heavy atom. The predicted octanol–water partition coefficient (Wildman–Crippen LogP) is 2.56. The van der Waals surface area contributed by atoms with E-state index in [2.05, 4.69) is 10.4 Å². The molecule has 0 atom stereocenters. The fourth-order valence-corrected chi connectivity index (χ4v) is 2.80. The van der Waals surface area contributed by atoms with E-state index in [-0.39, 0.29) is 11.1 Å². The summed E-state index contributed by atoms with van der Waals surface area (Å²) < 4.78 is 1.54. The van der Waals surface area contributed by atoms with E-state index in [9.17, 15) is 9.59 Å². The van der Waals surface area contributed by atoms with Gasteiger partial charge in [0.25, 0.3) is 5.91 Å². The van der Waals surface area contributed by atoms with E-state index < -0.39 is 5.91 Å². The SMILES string of the molecule is Cn1nc(C(=O)NCCc2ccccc2Cl)c(=O)c2ccccc21. The minimum Gasteiger partial charge on any atom is -0.350 e. The number of aryl methyl sites for hydroxylation is 1. The molecular formula is C18H16ClN3O2. The number of aromatic nitrogens is 2. The lowest BCUT2D eigenvalue weighted by Crippen LogP contribution is -2.33. The van der Waals surface area contributed by atoms with Gasteiger partial charge in [0.2, 0.25) is 5.43 Å². The van der Waals surface area contributed by atoms with Crippen LogP contribution in [0.5, 0.6) is 0 Å². The minimum absolute atomic E-state index is 0.102. The average Bonchev–Trinajstić information content (AvgIpc) is 2.59. The van der Waals surface area contributed by atoms with Crippen LogP contribution in [0.1, 0.15) is 16.1 Å². The molecule has 2 aromatic carbocycles. The molecule has 3 rings (SSSR count). The number of hydrogen-bond acceptors (Lipinski definition) is 3. The summed E-state index contributed by atoms with van der Waals surface area (Å²) in [6.07, 6.45) is 0.583. The molecular weight excluding hydrogens is 326 g/mol. The molecule has 0 unspecified atom stereocenters. The van der Waals surface area contributed by atoms with Crippen LogP contribution in [0.25, 0.3) is 10.9 Å². The monoisotopic (exact) mass is 341 g/mol. The number of hydrogen-bond donors (Lipinski definition) is 1. The van der Waals surface area contributed by atoms with E-state index >= 15 is 0 Å². The number of halogens is 1. The van der Waals surface area contributed by atoms with Crippen molar-refractivity contribution in [3.63, 3.8) is 0 Å². The number of amides is 1. The Kier molecular flexibility index (Phi) is 4.62. The summed E-state index contributed by atoms with van der Waals surface area (Å²) in [5.74, 6) is -0.478. The van der Waals surface area contributed by atoms with Gasteiger partial charge >= 0.3 is 0 Å². The van der Waals surface area contributed by atoms with Crippen LogP contribution in [0.4, 0.5) is 0 Å². The van der Waals surface area contributed by atoms with Crippen LogP contribution in [-0.2, 0) is 13.5 Å². The smallest absolute Gasteiger partial charge is 0.275 e. The molecule has 3 aromatic rings. The Hall–Kier alpha value is -2.66. The topological polar surface area (TPSA) is 64.0 Å². The third kappa shape index (κ3) is 3.16. The van der Waals surface area contributed by atoms with Crippen molar-refractivity contribution in [1.82, 2.24) is 15.1 Å². The van der Waals surface area contributed by atoms with Gasteiger partial charge in [-0.05, 0) is 30.2 Å². The highest BCUT2D eigenvalue weighted by Crippen LogP contribution is 2.14. The minimum atomic E-state index is -0.478. The molecule has 0 saturated heterocycles. The van der Waals surface area contributed by atoms with Gasteiger partial charge in [0.15, 0.2) is 5.69 Å². The Bertz CT molecular complexity index is 966. The predicted molar refractivity (Wildman–Crippen MR) is 94.5 cm³/mol. The van der Waals surface area contributed by atoms with Crippen LogP contribution < -0.4 is 10.7 Å². The Labute approximate surface area is 143 Å². The molecule has 0 aliphatic carbocycles. The first-order valence-corrected chi connectivity index (χ1v) is 7.93. The summed E-state index contributed by atoms with van der Waals surface area (Å²) in [5, 5.41) is 7.98. The van der Waals surface area contributed by atoms with E-state index in [1.165, 1.54) is 0 Å². The molecule has 122 valence electrons. The van der Waals surface area contributed by atoms with Crippen molar-refractivity contribution in [2.24, 2.45) is 7.05 Å². The fraction of sp³-hybridized carbons (Fsp3) is 0.167. The normalized spacial score (nSPS) is 10.8. The van der Waals surface area contributed by atoms with E-state index in [1.807, 2.05) is 24.3 Å². The second kappa shape index (κ2) is 6.84. The van der Waals surface area contributed by atoms with Crippen LogP contribution in [-0.4, -0.2) is 22.2 Å². The molecule has 1 heterocycles. The maximum atomic E-state index is 12.5.